The number of nitrogens with one attached hydrogen (secondary N) is 2. The van der Waals surface area contributed by atoms with E-state index in [1.165, 1.54) is 28.8 Å². The summed E-state index contributed by atoms with van der Waals surface area (Å²) in [6.45, 7) is 3.38. The fourth-order valence-electron chi connectivity index (χ4n) is 5.19. The molecule has 16 heteroatoms. The van der Waals surface area contributed by atoms with Crippen LogP contribution in [0.25, 0.3) is 5.65 Å². The molecule has 2 aromatic rings. The van der Waals surface area contributed by atoms with E-state index in [-0.39, 0.29) is 41.6 Å². The summed E-state index contributed by atoms with van der Waals surface area (Å²) < 4.78 is 5.19. The second-order valence-corrected chi connectivity index (χ2v) is 12.2. The van der Waals surface area contributed by atoms with Crippen LogP contribution in [0.2, 0.25) is 0 Å². The topological polar surface area (TPSA) is 195 Å². The summed E-state index contributed by atoms with van der Waals surface area (Å²) in [5.74, 6) is -3.21. The maximum Gasteiger partial charge on any atom is 1.00 e. The number of hydrogen-bond acceptors (Lipinski definition) is 11. The van der Waals surface area contributed by atoms with Gasteiger partial charge in [-0.25, -0.2) is 4.98 Å². The number of carbonyl (C=O) groups excluding carboxylic acids is 4. The summed E-state index contributed by atoms with van der Waals surface area (Å²) >= 11 is 1.24. The van der Waals surface area contributed by atoms with Gasteiger partial charge in [0.15, 0.2) is 5.65 Å². The predicted molar refractivity (Wildman–Crippen MR) is 142 cm³/mol. The zero-order valence-electron chi connectivity index (χ0n) is 23.3. The zero-order chi connectivity index (χ0) is 29.6. The van der Waals surface area contributed by atoms with Crippen LogP contribution in [0.4, 0.5) is 0 Å². The molecule has 2 fully saturated rings. The molecule has 216 valence electrons. The molecule has 0 spiro atoms. The second kappa shape index (κ2) is 12.1. The Hall–Kier alpha value is -3.40. The Morgan fingerprint density at radius 2 is 1.98 bits per heavy atom. The van der Waals surface area contributed by atoms with Crippen LogP contribution in [0.5, 0.6) is 5.88 Å². The number of aromatic hydroxyl groups is 1. The van der Waals surface area contributed by atoms with Crippen LogP contribution in [0.3, 0.4) is 0 Å². The van der Waals surface area contributed by atoms with E-state index < -0.39 is 68.9 Å². The number of hydrogen-bond donors (Lipinski definition) is 3. The van der Waals surface area contributed by atoms with Gasteiger partial charge < -0.3 is 35.3 Å². The number of methoxy groups -OCH3 is 1. The maximum atomic E-state index is 13.5. The van der Waals surface area contributed by atoms with Crippen molar-refractivity contribution in [3.05, 3.63) is 57.7 Å². The third-order valence-corrected chi connectivity index (χ3v) is 8.86. The van der Waals surface area contributed by atoms with Crippen molar-refractivity contribution in [3.63, 3.8) is 0 Å². The summed E-state index contributed by atoms with van der Waals surface area (Å²) in [5, 5.41) is 29.7. The van der Waals surface area contributed by atoms with Crippen LogP contribution in [0.15, 0.2) is 46.6 Å². The Morgan fingerprint density at radius 3 is 2.62 bits per heavy atom. The van der Waals surface area contributed by atoms with E-state index in [1.807, 2.05) is 12.2 Å². The molecule has 3 aliphatic rings. The molecule has 2 aromatic heterocycles. The normalized spacial score (nSPS) is 23.0. The molecule has 4 heterocycles. The number of fused-ring (bicyclic) bond motifs is 2. The SMILES string of the molecule is COC1=CCC(CC(NC(=O)c2cnc3ccc(O)nn3c2=O)C(=O)N[C@@H]2C(=O)N3[C@@H]2SC(C)(C)[C@@H]3C(=O)[O-])=CC1.[Na+]. The van der Waals surface area contributed by atoms with E-state index in [0.29, 0.717) is 12.8 Å². The Morgan fingerprint density at radius 1 is 1.24 bits per heavy atom. The Kier molecular flexibility index (Phi) is 9.06. The van der Waals surface area contributed by atoms with Gasteiger partial charge in [0, 0.05) is 23.4 Å². The first-order valence-corrected chi connectivity index (χ1v) is 13.6. The van der Waals surface area contributed by atoms with Crippen molar-refractivity contribution in [2.45, 2.75) is 61.4 Å². The standard InChI is InChI=1S/C26H28N6O8S.Na/c1-26(2)19(25(38)39)31-23(37)18(24(31)41-26)29-21(35)15(10-12-4-6-13(40-3)7-5-12)28-20(34)14-11-27-16-8-9-17(33)30-32(16)22(14)36;/h4,7-9,11,15,18-19,24H,5-6,10H2,1-3H3,(H,28,34)(H,29,35)(H,30,33)(H,38,39);/q;+1/p-1/t15?,18-,19+,24-;/m1./s1. The van der Waals surface area contributed by atoms with Crippen LogP contribution >= 0.6 is 11.8 Å². The van der Waals surface area contributed by atoms with Gasteiger partial charge in [-0.1, -0.05) is 11.6 Å². The molecule has 0 radical (unpaired) electrons. The molecule has 2 aliphatic heterocycles. The first-order chi connectivity index (χ1) is 19.4. The van der Waals surface area contributed by atoms with Crippen molar-refractivity contribution in [2.24, 2.45) is 0 Å². The monoisotopic (exact) mass is 606 g/mol. The van der Waals surface area contributed by atoms with Crippen molar-refractivity contribution in [1.82, 2.24) is 30.1 Å². The summed E-state index contributed by atoms with van der Waals surface area (Å²) in [6, 6.07) is -0.752. The number of carbonyl (C=O) groups is 4. The number of aromatic nitrogens is 3. The Labute approximate surface area is 265 Å². The number of carboxylic acids is 1. The smallest absolute Gasteiger partial charge is 0.548 e. The summed E-state index contributed by atoms with van der Waals surface area (Å²) in [5.41, 5.74) is -0.337. The third kappa shape index (κ3) is 5.78. The minimum absolute atomic E-state index is 0. The number of allylic oxidation sites excluding steroid dienone is 2. The maximum absolute atomic E-state index is 13.5. The fourth-order valence-corrected chi connectivity index (χ4v) is 6.81. The van der Waals surface area contributed by atoms with Crippen molar-refractivity contribution in [1.29, 1.82) is 0 Å². The van der Waals surface area contributed by atoms with Crippen LogP contribution in [0.1, 0.15) is 43.5 Å². The fraction of sp³-hybridized carbons (Fsp3) is 0.423. The Balaban J connectivity index is 0.00000405. The number of amides is 3. The quantitative estimate of drug-likeness (QED) is 0.150. The number of β-lactam (4-membered cyclic amide) rings is 1. The average molecular weight is 607 g/mol. The van der Waals surface area contributed by atoms with E-state index in [0.717, 1.165) is 22.0 Å². The minimum atomic E-state index is -1.38. The van der Waals surface area contributed by atoms with Crippen LogP contribution < -0.4 is 50.9 Å². The van der Waals surface area contributed by atoms with Crippen molar-refractivity contribution >= 4 is 41.1 Å². The summed E-state index contributed by atoms with van der Waals surface area (Å²) in [6.07, 6.45) is 5.81. The molecule has 1 aliphatic carbocycles. The molecule has 3 amide bonds. The molecule has 2 saturated heterocycles. The predicted octanol–water partition coefficient (Wildman–Crippen LogP) is -4.16. The minimum Gasteiger partial charge on any atom is -0.548 e. The van der Waals surface area contributed by atoms with E-state index >= 15 is 0 Å². The van der Waals surface area contributed by atoms with Gasteiger partial charge in [-0.15, -0.1) is 16.9 Å². The molecule has 4 atom stereocenters. The number of thioether (sulfide) groups is 1. The van der Waals surface area contributed by atoms with Gasteiger partial charge in [-0.05, 0) is 38.8 Å². The molecule has 1 unspecified atom stereocenters. The van der Waals surface area contributed by atoms with Crippen LogP contribution in [0, 0.1) is 0 Å². The van der Waals surface area contributed by atoms with E-state index in [9.17, 15) is 34.2 Å². The van der Waals surface area contributed by atoms with Gasteiger partial charge in [0.25, 0.3) is 11.5 Å². The molecule has 42 heavy (non-hydrogen) atoms. The van der Waals surface area contributed by atoms with Gasteiger partial charge >= 0.3 is 29.6 Å². The first-order valence-electron chi connectivity index (χ1n) is 12.7. The molecule has 3 N–H and O–H groups in total. The third-order valence-electron chi connectivity index (χ3n) is 7.29. The molecule has 0 saturated carbocycles. The van der Waals surface area contributed by atoms with Crippen molar-refractivity contribution < 1.29 is 63.7 Å². The molecule has 14 nitrogen and oxygen atoms in total. The number of nitrogens with zero attached hydrogens (tertiary/aromatic N) is 4. The summed E-state index contributed by atoms with van der Waals surface area (Å²) in [4.78, 5) is 69.5. The van der Waals surface area contributed by atoms with Gasteiger partial charge in [0.05, 0.1) is 24.9 Å². The van der Waals surface area contributed by atoms with Gasteiger partial charge in [0.2, 0.25) is 17.7 Å². The number of rotatable bonds is 8. The van der Waals surface area contributed by atoms with Gasteiger partial charge in [-0.3, -0.25) is 19.2 Å². The summed E-state index contributed by atoms with van der Waals surface area (Å²) in [7, 11) is 1.55. The van der Waals surface area contributed by atoms with E-state index in [2.05, 4.69) is 20.7 Å². The Bertz CT molecular complexity index is 1590. The molecular formula is C26H27N6NaO8S. The number of ether oxygens (including phenoxy) is 1. The first kappa shape index (κ1) is 31.5. The van der Waals surface area contributed by atoms with E-state index in [1.54, 1.807) is 21.0 Å². The van der Waals surface area contributed by atoms with E-state index in [4.69, 9.17) is 4.74 Å². The number of aliphatic carboxylic acids is 1. The average Bonchev–Trinajstić information content (AvgIpc) is 3.19. The van der Waals surface area contributed by atoms with Crippen molar-refractivity contribution in [3.8, 4) is 5.88 Å². The van der Waals surface area contributed by atoms with Crippen LogP contribution in [-0.2, 0) is 19.1 Å². The van der Waals surface area contributed by atoms with Gasteiger partial charge in [0.1, 0.15) is 23.0 Å². The largest absolute Gasteiger partial charge is 1.00 e. The van der Waals surface area contributed by atoms with Crippen molar-refractivity contribution in [2.75, 3.05) is 7.11 Å². The van der Waals surface area contributed by atoms with Crippen LogP contribution in [-0.4, -0.2) is 83.7 Å². The second-order valence-electron chi connectivity index (χ2n) is 10.4. The zero-order valence-corrected chi connectivity index (χ0v) is 26.1. The number of carboxylic acid groups (broad SMARTS) is 1. The molecule has 0 aromatic carbocycles. The molecular weight excluding hydrogens is 579 g/mol. The molecule has 0 bridgehead atoms. The van der Waals surface area contributed by atoms with Gasteiger partial charge in [-0.2, -0.15) is 4.52 Å². The molecule has 5 rings (SSSR count).